The summed E-state index contributed by atoms with van der Waals surface area (Å²) in [5.41, 5.74) is 0.220. The molecule has 2 aromatic rings. The molecule has 22 heavy (non-hydrogen) atoms. The maximum absolute atomic E-state index is 13.8. The monoisotopic (exact) mass is 341 g/mol. The maximum Gasteiger partial charge on any atom is 0.255 e. The summed E-state index contributed by atoms with van der Waals surface area (Å²) in [5, 5.41) is 2.63. The van der Waals surface area contributed by atoms with Gasteiger partial charge in [-0.05, 0) is 24.3 Å². The number of fused-ring (bicyclic) bond motifs is 1. The van der Waals surface area contributed by atoms with Crippen LogP contribution in [-0.4, -0.2) is 19.1 Å². The van der Waals surface area contributed by atoms with E-state index in [1.54, 1.807) is 0 Å². The van der Waals surface area contributed by atoms with Crippen molar-refractivity contribution in [3.63, 3.8) is 0 Å². The van der Waals surface area contributed by atoms with Crippen LogP contribution < -0.4 is 14.8 Å². The number of carbonyl (C=O) groups excluding carboxylic acids is 1. The van der Waals surface area contributed by atoms with Gasteiger partial charge in [0.15, 0.2) is 17.3 Å². The SMILES string of the molecule is O=C(Nc1cccc(Cl)c1F)c1cc(Cl)c2c(c1)OCCO2. The van der Waals surface area contributed by atoms with Crippen molar-refractivity contribution in [1.29, 1.82) is 0 Å². The predicted molar refractivity (Wildman–Crippen MR) is 81.8 cm³/mol. The molecule has 0 unspecified atom stereocenters. The topological polar surface area (TPSA) is 47.6 Å². The van der Waals surface area contributed by atoms with Crippen molar-refractivity contribution < 1.29 is 18.7 Å². The lowest BCUT2D eigenvalue weighted by atomic mass is 10.1. The van der Waals surface area contributed by atoms with Gasteiger partial charge in [0.1, 0.15) is 13.2 Å². The van der Waals surface area contributed by atoms with E-state index in [1.807, 2.05) is 0 Å². The Balaban J connectivity index is 1.89. The highest BCUT2D eigenvalue weighted by atomic mass is 35.5. The van der Waals surface area contributed by atoms with Crippen LogP contribution in [0.4, 0.5) is 10.1 Å². The van der Waals surface area contributed by atoms with Crippen LogP contribution in [0.1, 0.15) is 10.4 Å². The number of nitrogens with one attached hydrogen (secondary N) is 1. The fraction of sp³-hybridized carbons (Fsp3) is 0.133. The first-order valence-electron chi connectivity index (χ1n) is 6.41. The summed E-state index contributed by atoms with van der Waals surface area (Å²) >= 11 is 11.8. The quantitative estimate of drug-likeness (QED) is 0.892. The Labute approximate surface area is 135 Å². The van der Waals surface area contributed by atoms with Crippen molar-refractivity contribution in [3.05, 3.63) is 51.8 Å². The van der Waals surface area contributed by atoms with Gasteiger partial charge in [0, 0.05) is 5.56 Å². The van der Waals surface area contributed by atoms with Crippen LogP contribution in [0.5, 0.6) is 11.5 Å². The second kappa shape index (κ2) is 6.02. The zero-order valence-corrected chi connectivity index (χ0v) is 12.7. The minimum absolute atomic E-state index is 0.0106. The molecular formula is C15H10Cl2FNO3. The lowest BCUT2D eigenvalue weighted by Crippen LogP contribution is -2.18. The maximum atomic E-state index is 13.8. The third-order valence-electron chi connectivity index (χ3n) is 3.06. The molecule has 0 saturated heterocycles. The van der Waals surface area contributed by atoms with Crippen LogP contribution in [0.3, 0.4) is 0 Å². The first-order valence-corrected chi connectivity index (χ1v) is 7.16. The van der Waals surface area contributed by atoms with Crippen molar-refractivity contribution in [2.75, 3.05) is 18.5 Å². The molecular weight excluding hydrogens is 332 g/mol. The predicted octanol–water partition coefficient (Wildman–Crippen LogP) is 4.16. The lowest BCUT2D eigenvalue weighted by molar-refractivity contribution is 0.102. The highest BCUT2D eigenvalue weighted by Gasteiger charge is 2.20. The molecule has 0 saturated carbocycles. The van der Waals surface area contributed by atoms with E-state index in [-0.39, 0.29) is 21.3 Å². The van der Waals surface area contributed by atoms with Gasteiger partial charge in [0.05, 0.1) is 15.7 Å². The van der Waals surface area contributed by atoms with Crippen molar-refractivity contribution in [3.8, 4) is 11.5 Å². The molecule has 3 rings (SSSR count). The van der Waals surface area contributed by atoms with Crippen LogP contribution in [0, 0.1) is 5.82 Å². The van der Waals surface area contributed by atoms with Crippen molar-refractivity contribution in [2.45, 2.75) is 0 Å². The molecule has 0 radical (unpaired) electrons. The number of hydrogen-bond donors (Lipinski definition) is 1. The van der Waals surface area contributed by atoms with Gasteiger partial charge in [-0.1, -0.05) is 29.3 Å². The molecule has 4 nitrogen and oxygen atoms in total. The lowest BCUT2D eigenvalue weighted by Gasteiger charge is -2.20. The van der Waals surface area contributed by atoms with E-state index in [2.05, 4.69) is 5.32 Å². The molecule has 1 heterocycles. The van der Waals surface area contributed by atoms with E-state index < -0.39 is 11.7 Å². The molecule has 1 amide bonds. The van der Waals surface area contributed by atoms with E-state index in [0.717, 1.165) is 0 Å². The van der Waals surface area contributed by atoms with Gasteiger partial charge < -0.3 is 14.8 Å². The Kier molecular flexibility index (Phi) is 4.09. The summed E-state index contributed by atoms with van der Waals surface area (Å²) in [6.07, 6.45) is 0. The van der Waals surface area contributed by atoms with Gasteiger partial charge >= 0.3 is 0 Å². The average molecular weight is 342 g/mol. The van der Waals surface area contributed by atoms with Crippen molar-refractivity contribution in [2.24, 2.45) is 0 Å². The zero-order chi connectivity index (χ0) is 15.7. The molecule has 0 fully saturated rings. The zero-order valence-electron chi connectivity index (χ0n) is 11.2. The summed E-state index contributed by atoms with van der Waals surface area (Å²) in [7, 11) is 0. The van der Waals surface area contributed by atoms with Gasteiger partial charge in [-0.25, -0.2) is 4.39 Å². The molecule has 1 N–H and O–H groups in total. The molecule has 0 atom stereocenters. The third kappa shape index (κ3) is 2.82. The van der Waals surface area contributed by atoms with Crippen molar-refractivity contribution >= 4 is 34.8 Å². The Morgan fingerprint density at radius 3 is 2.73 bits per heavy atom. The summed E-state index contributed by atoms with van der Waals surface area (Å²) < 4.78 is 24.6. The molecule has 1 aliphatic rings. The van der Waals surface area contributed by atoms with E-state index >= 15 is 0 Å². The normalized spacial score (nSPS) is 12.9. The van der Waals surface area contributed by atoms with Crippen LogP contribution in [0.2, 0.25) is 10.0 Å². The van der Waals surface area contributed by atoms with Crippen LogP contribution in [-0.2, 0) is 0 Å². The second-order valence-corrected chi connectivity index (χ2v) is 5.35. The molecule has 0 aliphatic carbocycles. The number of carbonyl (C=O) groups is 1. The Bertz CT molecular complexity index is 752. The number of rotatable bonds is 2. The molecule has 0 aromatic heterocycles. The largest absolute Gasteiger partial charge is 0.486 e. The smallest absolute Gasteiger partial charge is 0.255 e. The molecule has 0 spiro atoms. The van der Waals surface area contributed by atoms with Crippen LogP contribution in [0.25, 0.3) is 0 Å². The summed E-state index contributed by atoms with van der Waals surface area (Å²) in [6.45, 7) is 0.767. The van der Waals surface area contributed by atoms with E-state index in [4.69, 9.17) is 32.7 Å². The summed E-state index contributed by atoms with van der Waals surface area (Å²) in [5.74, 6) is -0.435. The second-order valence-electron chi connectivity index (χ2n) is 4.54. The third-order valence-corrected chi connectivity index (χ3v) is 3.63. The number of amides is 1. The van der Waals surface area contributed by atoms with Gasteiger partial charge in [-0.3, -0.25) is 4.79 Å². The first-order chi connectivity index (χ1) is 10.6. The summed E-state index contributed by atoms with van der Waals surface area (Å²) in [4.78, 5) is 12.2. The van der Waals surface area contributed by atoms with Gasteiger partial charge in [0.2, 0.25) is 0 Å². The molecule has 114 valence electrons. The van der Waals surface area contributed by atoms with Crippen LogP contribution >= 0.6 is 23.2 Å². The van der Waals surface area contributed by atoms with E-state index in [1.165, 1.54) is 30.3 Å². The highest BCUT2D eigenvalue weighted by Crippen LogP contribution is 2.38. The molecule has 1 aliphatic heterocycles. The number of benzene rings is 2. The Hall–Kier alpha value is -1.98. The van der Waals surface area contributed by atoms with E-state index in [9.17, 15) is 9.18 Å². The van der Waals surface area contributed by atoms with Gasteiger partial charge in [-0.15, -0.1) is 0 Å². The highest BCUT2D eigenvalue weighted by molar-refractivity contribution is 6.33. The van der Waals surface area contributed by atoms with Crippen LogP contribution in [0.15, 0.2) is 30.3 Å². The Morgan fingerprint density at radius 2 is 1.91 bits per heavy atom. The van der Waals surface area contributed by atoms with Crippen molar-refractivity contribution in [1.82, 2.24) is 0 Å². The van der Waals surface area contributed by atoms with Gasteiger partial charge in [0.25, 0.3) is 5.91 Å². The number of hydrogen-bond acceptors (Lipinski definition) is 3. The Morgan fingerprint density at radius 1 is 1.14 bits per heavy atom. The fourth-order valence-corrected chi connectivity index (χ4v) is 2.48. The number of halogens is 3. The van der Waals surface area contributed by atoms with Gasteiger partial charge in [-0.2, -0.15) is 0 Å². The molecule has 0 bridgehead atoms. The average Bonchev–Trinajstić information content (AvgIpc) is 2.52. The van der Waals surface area contributed by atoms with E-state index in [0.29, 0.717) is 24.7 Å². The fourth-order valence-electron chi connectivity index (χ4n) is 2.04. The number of anilines is 1. The molecule has 7 heteroatoms. The minimum Gasteiger partial charge on any atom is -0.486 e. The molecule has 2 aromatic carbocycles. The number of ether oxygens (including phenoxy) is 2. The summed E-state index contributed by atoms with van der Waals surface area (Å²) in [6, 6.07) is 7.29. The standard InChI is InChI=1S/C15H10Cl2FNO3/c16-9-2-1-3-11(13(9)18)19-15(20)8-6-10(17)14-12(7-8)21-4-5-22-14/h1-3,6-7H,4-5H2,(H,19,20). The minimum atomic E-state index is -0.693. The first kappa shape index (κ1) is 14.9.